The van der Waals surface area contributed by atoms with Crippen LogP contribution in [-0.4, -0.2) is 61.3 Å². The van der Waals surface area contributed by atoms with Crippen LogP contribution in [0.5, 0.6) is 0 Å². The molecule has 1 aliphatic carbocycles. The number of rotatable bonds is 8. The van der Waals surface area contributed by atoms with Crippen LogP contribution < -0.4 is 10.2 Å². The molecule has 33 heavy (non-hydrogen) atoms. The van der Waals surface area contributed by atoms with Gasteiger partial charge in [-0.3, -0.25) is 4.90 Å². The molecule has 0 radical (unpaired) electrons. The maximum absolute atomic E-state index is 5.52. The maximum Gasteiger partial charge on any atom is 0.146 e. The molecule has 2 aromatic heterocycles. The largest absolute Gasteiger partial charge is 0.379 e. The molecule has 0 bridgehead atoms. The zero-order chi connectivity index (χ0) is 22.6. The predicted octanol–water partition coefficient (Wildman–Crippen LogP) is 4.59. The highest BCUT2D eigenvalue weighted by Gasteiger charge is 2.24. The van der Waals surface area contributed by atoms with Crippen molar-refractivity contribution in [2.45, 2.75) is 39.2 Å². The number of ether oxygens (including phenoxy) is 1. The van der Waals surface area contributed by atoms with E-state index in [1.165, 1.54) is 34.4 Å². The Morgan fingerprint density at radius 3 is 2.82 bits per heavy atom. The topological polar surface area (TPSA) is 53.5 Å². The quantitative estimate of drug-likeness (QED) is 0.491. The molecule has 3 aromatic rings. The number of hydrogen-bond acceptors (Lipinski definition) is 7. The highest BCUT2D eigenvalue weighted by atomic mass is 32.1. The van der Waals surface area contributed by atoms with Gasteiger partial charge in [0.1, 0.15) is 16.5 Å². The van der Waals surface area contributed by atoms with Gasteiger partial charge in [-0.25, -0.2) is 9.97 Å². The third-order valence-electron chi connectivity index (χ3n) is 6.83. The van der Waals surface area contributed by atoms with Gasteiger partial charge < -0.3 is 15.0 Å². The Kier molecular flexibility index (Phi) is 7.09. The fourth-order valence-electron chi connectivity index (χ4n) is 4.88. The Balaban J connectivity index is 1.33. The highest BCUT2D eigenvalue weighted by Crippen LogP contribution is 2.40. The Hall–Kier alpha value is -2.22. The van der Waals surface area contributed by atoms with Crippen LogP contribution in [0.1, 0.15) is 36.0 Å². The molecular weight excluding hydrogens is 430 g/mol. The summed E-state index contributed by atoms with van der Waals surface area (Å²) in [6.45, 7) is 8.57. The van der Waals surface area contributed by atoms with Gasteiger partial charge in [-0.05, 0) is 49.3 Å². The number of para-hydroxylation sites is 1. The Morgan fingerprint density at radius 2 is 2.00 bits per heavy atom. The van der Waals surface area contributed by atoms with E-state index in [2.05, 4.69) is 59.4 Å². The number of nitrogens with one attached hydrogen (secondary N) is 1. The molecule has 1 saturated heterocycles. The van der Waals surface area contributed by atoms with E-state index in [1.54, 1.807) is 0 Å². The summed E-state index contributed by atoms with van der Waals surface area (Å²) in [5.41, 5.74) is 2.76. The number of benzene rings is 1. The SMILES string of the molecule is C[C@@H]1CCc2c(sc3nc(CN4CCOCC4)nc(NCCCN(C)c4ccccc4)c23)C1. The van der Waals surface area contributed by atoms with Gasteiger partial charge in [-0.1, -0.05) is 25.1 Å². The Morgan fingerprint density at radius 1 is 1.18 bits per heavy atom. The smallest absolute Gasteiger partial charge is 0.146 e. The van der Waals surface area contributed by atoms with Crippen LogP contribution in [-0.2, 0) is 24.1 Å². The number of fused-ring (bicyclic) bond motifs is 3. The van der Waals surface area contributed by atoms with Gasteiger partial charge in [0.2, 0.25) is 0 Å². The first-order chi connectivity index (χ1) is 16.2. The first-order valence-corrected chi connectivity index (χ1v) is 13.1. The fourth-order valence-corrected chi connectivity index (χ4v) is 6.28. The van der Waals surface area contributed by atoms with Crippen molar-refractivity contribution < 1.29 is 4.74 Å². The summed E-state index contributed by atoms with van der Waals surface area (Å²) in [7, 11) is 2.16. The van der Waals surface area contributed by atoms with E-state index in [0.29, 0.717) is 0 Å². The van der Waals surface area contributed by atoms with Crippen molar-refractivity contribution in [1.82, 2.24) is 14.9 Å². The summed E-state index contributed by atoms with van der Waals surface area (Å²) in [4.78, 5) is 17.5. The van der Waals surface area contributed by atoms with Crippen LogP contribution >= 0.6 is 11.3 Å². The third kappa shape index (κ3) is 5.31. The lowest BCUT2D eigenvalue weighted by Crippen LogP contribution is -2.36. The van der Waals surface area contributed by atoms with Crippen molar-refractivity contribution in [3.63, 3.8) is 0 Å². The molecule has 6 nitrogen and oxygen atoms in total. The van der Waals surface area contributed by atoms with E-state index < -0.39 is 0 Å². The minimum absolute atomic E-state index is 0.760. The second kappa shape index (κ2) is 10.4. The van der Waals surface area contributed by atoms with E-state index in [0.717, 1.165) is 81.2 Å². The molecule has 1 atom stereocenters. The summed E-state index contributed by atoms with van der Waals surface area (Å²) in [5, 5.41) is 4.99. The number of nitrogens with zero attached hydrogens (tertiary/aromatic N) is 4. The van der Waals surface area contributed by atoms with Crippen molar-refractivity contribution in [1.29, 1.82) is 0 Å². The zero-order valence-electron chi connectivity index (χ0n) is 19.8. The molecule has 1 aliphatic heterocycles. The number of morpholine rings is 1. The van der Waals surface area contributed by atoms with E-state index in [9.17, 15) is 0 Å². The predicted molar refractivity (Wildman–Crippen MR) is 138 cm³/mol. The molecule has 176 valence electrons. The van der Waals surface area contributed by atoms with Crippen molar-refractivity contribution in [2.75, 3.05) is 56.7 Å². The van der Waals surface area contributed by atoms with Crippen LogP contribution in [0.25, 0.3) is 10.2 Å². The van der Waals surface area contributed by atoms with Gasteiger partial charge in [0.05, 0.1) is 25.1 Å². The molecule has 3 heterocycles. The lowest BCUT2D eigenvalue weighted by molar-refractivity contribution is 0.0331. The van der Waals surface area contributed by atoms with Crippen LogP contribution in [0, 0.1) is 5.92 Å². The second-order valence-corrected chi connectivity index (χ2v) is 10.5. The molecule has 1 aromatic carbocycles. The lowest BCUT2D eigenvalue weighted by atomic mass is 9.89. The van der Waals surface area contributed by atoms with Crippen molar-refractivity contribution in [3.05, 3.63) is 46.6 Å². The molecule has 0 amide bonds. The van der Waals surface area contributed by atoms with Gasteiger partial charge in [0.15, 0.2) is 0 Å². The standard InChI is InChI=1S/C26H35N5OS/c1-19-9-10-21-22(17-19)33-26-24(21)25(28-23(29-26)18-31-13-15-32-16-14-31)27-11-6-12-30(2)20-7-4-3-5-8-20/h3-5,7-8,19H,6,9-18H2,1-2H3,(H,27,28,29)/t19-/m1/s1. The number of aromatic nitrogens is 2. The fraction of sp³-hybridized carbons (Fsp3) is 0.538. The highest BCUT2D eigenvalue weighted by molar-refractivity contribution is 7.19. The van der Waals surface area contributed by atoms with Crippen molar-refractivity contribution in [3.8, 4) is 0 Å². The first-order valence-electron chi connectivity index (χ1n) is 12.3. The molecule has 5 rings (SSSR count). The summed E-state index contributed by atoms with van der Waals surface area (Å²) >= 11 is 1.89. The molecule has 0 spiro atoms. The third-order valence-corrected chi connectivity index (χ3v) is 7.98. The summed E-state index contributed by atoms with van der Waals surface area (Å²) < 4.78 is 5.52. The van der Waals surface area contributed by atoms with E-state index in [1.807, 2.05) is 11.3 Å². The minimum atomic E-state index is 0.760. The maximum atomic E-state index is 5.52. The molecule has 1 fully saturated rings. The number of hydrogen-bond donors (Lipinski definition) is 1. The molecule has 0 unspecified atom stereocenters. The lowest BCUT2D eigenvalue weighted by Gasteiger charge is -2.26. The average Bonchev–Trinajstić information content (AvgIpc) is 3.20. The Bertz CT molecular complexity index is 1060. The summed E-state index contributed by atoms with van der Waals surface area (Å²) in [5.74, 6) is 2.73. The molecular formula is C26H35N5OS. The minimum Gasteiger partial charge on any atom is -0.379 e. The summed E-state index contributed by atoms with van der Waals surface area (Å²) in [6, 6.07) is 10.6. The van der Waals surface area contributed by atoms with Crippen LogP contribution in [0.3, 0.4) is 0 Å². The summed E-state index contributed by atoms with van der Waals surface area (Å²) in [6.07, 6.45) is 4.64. The normalized spacial score (nSPS) is 18.9. The van der Waals surface area contributed by atoms with Gasteiger partial charge in [0.25, 0.3) is 0 Å². The number of thiophene rings is 1. The van der Waals surface area contributed by atoms with Crippen molar-refractivity contribution >= 4 is 33.1 Å². The van der Waals surface area contributed by atoms with Crippen LogP contribution in [0.4, 0.5) is 11.5 Å². The van der Waals surface area contributed by atoms with Crippen molar-refractivity contribution in [2.24, 2.45) is 5.92 Å². The van der Waals surface area contributed by atoms with Gasteiger partial charge in [-0.2, -0.15) is 0 Å². The molecule has 1 N–H and O–H groups in total. The van der Waals surface area contributed by atoms with Gasteiger partial charge in [0, 0.05) is 43.8 Å². The Labute approximate surface area is 201 Å². The number of aryl methyl sites for hydroxylation is 1. The zero-order valence-corrected chi connectivity index (χ0v) is 20.7. The van der Waals surface area contributed by atoms with Gasteiger partial charge in [-0.15, -0.1) is 11.3 Å². The molecule has 2 aliphatic rings. The monoisotopic (exact) mass is 465 g/mol. The van der Waals surface area contributed by atoms with Crippen LogP contribution in [0.15, 0.2) is 30.3 Å². The second-order valence-electron chi connectivity index (χ2n) is 9.45. The van der Waals surface area contributed by atoms with Gasteiger partial charge >= 0.3 is 0 Å². The molecule has 7 heteroatoms. The first kappa shape index (κ1) is 22.6. The number of anilines is 2. The molecule has 0 saturated carbocycles. The average molecular weight is 466 g/mol. The van der Waals surface area contributed by atoms with E-state index in [-0.39, 0.29) is 0 Å². The van der Waals surface area contributed by atoms with Crippen LogP contribution in [0.2, 0.25) is 0 Å². The van der Waals surface area contributed by atoms with E-state index >= 15 is 0 Å². The van der Waals surface area contributed by atoms with E-state index in [4.69, 9.17) is 14.7 Å².